The minimum atomic E-state index is 0.555. The molecule has 0 amide bonds. The van der Waals surface area contributed by atoms with Gasteiger partial charge in [-0.2, -0.15) is 0 Å². The lowest BCUT2D eigenvalue weighted by atomic mass is 10.3. The molecule has 106 valence electrons. The van der Waals surface area contributed by atoms with Crippen LogP contribution < -0.4 is 20.5 Å². The summed E-state index contributed by atoms with van der Waals surface area (Å²) in [6, 6.07) is 7.42. The molecule has 2 aromatic rings. The fourth-order valence-corrected chi connectivity index (χ4v) is 1.59. The maximum atomic E-state index is 5.68. The molecular formula is C14H18N4O2. The van der Waals surface area contributed by atoms with Crippen LogP contribution in [0.15, 0.2) is 36.7 Å². The molecule has 1 aromatic heterocycles. The van der Waals surface area contributed by atoms with Gasteiger partial charge in [-0.1, -0.05) is 12.1 Å². The zero-order valence-corrected chi connectivity index (χ0v) is 11.4. The molecule has 6 nitrogen and oxygen atoms in total. The van der Waals surface area contributed by atoms with Gasteiger partial charge in [0, 0.05) is 6.54 Å². The van der Waals surface area contributed by atoms with E-state index in [1.54, 1.807) is 19.5 Å². The summed E-state index contributed by atoms with van der Waals surface area (Å²) in [4.78, 5) is 8.35. The first-order chi connectivity index (χ1) is 9.83. The van der Waals surface area contributed by atoms with E-state index in [4.69, 9.17) is 15.2 Å². The molecule has 0 spiro atoms. The van der Waals surface area contributed by atoms with Crippen molar-refractivity contribution in [2.45, 2.75) is 6.42 Å². The van der Waals surface area contributed by atoms with Crippen molar-refractivity contribution in [2.75, 3.05) is 25.5 Å². The Hall–Kier alpha value is -2.34. The molecule has 0 saturated carbocycles. The van der Waals surface area contributed by atoms with Crippen molar-refractivity contribution in [3.63, 3.8) is 0 Å². The number of methoxy groups -OCH3 is 1. The van der Waals surface area contributed by atoms with Crippen LogP contribution in [0.25, 0.3) is 0 Å². The number of nitrogens with zero attached hydrogens (tertiary/aromatic N) is 2. The van der Waals surface area contributed by atoms with Crippen LogP contribution in [0.1, 0.15) is 6.42 Å². The number of para-hydroxylation sites is 2. The lowest BCUT2D eigenvalue weighted by molar-refractivity contribution is 0.378. The lowest BCUT2D eigenvalue weighted by Crippen LogP contribution is -2.10. The van der Waals surface area contributed by atoms with Crippen molar-refractivity contribution in [2.24, 2.45) is 5.73 Å². The highest BCUT2D eigenvalue weighted by atomic mass is 16.5. The third kappa shape index (κ3) is 3.83. The molecule has 0 radical (unpaired) electrons. The number of nitrogens with one attached hydrogen (secondary N) is 1. The SMILES string of the molecule is COc1ccccc1Oc1cnc(NCCCN)nc1. The van der Waals surface area contributed by atoms with Crippen LogP contribution in [0, 0.1) is 0 Å². The number of benzene rings is 1. The zero-order valence-electron chi connectivity index (χ0n) is 11.4. The summed E-state index contributed by atoms with van der Waals surface area (Å²) in [5.41, 5.74) is 5.42. The quantitative estimate of drug-likeness (QED) is 0.752. The molecule has 20 heavy (non-hydrogen) atoms. The number of ether oxygens (including phenoxy) is 2. The minimum Gasteiger partial charge on any atom is -0.493 e. The first kappa shape index (κ1) is 14.1. The molecule has 0 bridgehead atoms. The summed E-state index contributed by atoms with van der Waals surface area (Å²) in [5, 5.41) is 3.08. The minimum absolute atomic E-state index is 0.555. The van der Waals surface area contributed by atoms with Crippen LogP contribution in [-0.4, -0.2) is 30.2 Å². The molecule has 0 aliphatic rings. The second-order valence-corrected chi connectivity index (χ2v) is 4.06. The molecule has 0 atom stereocenters. The number of hydrogen-bond acceptors (Lipinski definition) is 6. The number of nitrogens with two attached hydrogens (primary N) is 1. The van der Waals surface area contributed by atoms with E-state index in [-0.39, 0.29) is 0 Å². The molecule has 0 fully saturated rings. The second kappa shape index (κ2) is 7.30. The van der Waals surface area contributed by atoms with Crippen molar-refractivity contribution in [3.8, 4) is 17.2 Å². The fraction of sp³-hybridized carbons (Fsp3) is 0.286. The second-order valence-electron chi connectivity index (χ2n) is 4.06. The monoisotopic (exact) mass is 274 g/mol. The van der Waals surface area contributed by atoms with Gasteiger partial charge in [0.15, 0.2) is 17.2 Å². The molecule has 6 heteroatoms. The highest BCUT2D eigenvalue weighted by Gasteiger charge is 2.05. The van der Waals surface area contributed by atoms with Gasteiger partial charge in [-0.25, -0.2) is 9.97 Å². The Kier molecular flexibility index (Phi) is 5.14. The van der Waals surface area contributed by atoms with E-state index >= 15 is 0 Å². The number of anilines is 1. The normalized spacial score (nSPS) is 10.1. The zero-order chi connectivity index (χ0) is 14.2. The fourth-order valence-electron chi connectivity index (χ4n) is 1.59. The largest absolute Gasteiger partial charge is 0.493 e. The maximum Gasteiger partial charge on any atom is 0.222 e. The highest BCUT2D eigenvalue weighted by Crippen LogP contribution is 2.30. The topological polar surface area (TPSA) is 82.3 Å². The number of rotatable bonds is 7. The van der Waals surface area contributed by atoms with Gasteiger partial charge in [0.1, 0.15) is 0 Å². The average Bonchev–Trinajstić information content (AvgIpc) is 2.50. The van der Waals surface area contributed by atoms with Gasteiger partial charge in [-0.3, -0.25) is 0 Å². The first-order valence-corrected chi connectivity index (χ1v) is 6.40. The summed E-state index contributed by atoms with van der Waals surface area (Å²) < 4.78 is 10.9. The highest BCUT2D eigenvalue weighted by molar-refractivity contribution is 5.42. The smallest absolute Gasteiger partial charge is 0.222 e. The van der Waals surface area contributed by atoms with Crippen LogP contribution in [0.5, 0.6) is 17.2 Å². The van der Waals surface area contributed by atoms with E-state index in [0.717, 1.165) is 13.0 Å². The van der Waals surface area contributed by atoms with E-state index in [1.807, 2.05) is 24.3 Å². The van der Waals surface area contributed by atoms with Crippen LogP contribution in [0.4, 0.5) is 5.95 Å². The van der Waals surface area contributed by atoms with Crippen LogP contribution in [0.3, 0.4) is 0 Å². The van der Waals surface area contributed by atoms with Crippen molar-refractivity contribution in [1.29, 1.82) is 0 Å². The van der Waals surface area contributed by atoms with E-state index in [0.29, 0.717) is 29.7 Å². The van der Waals surface area contributed by atoms with Gasteiger partial charge in [-0.05, 0) is 25.1 Å². The van der Waals surface area contributed by atoms with E-state index < -0.39 is 0 Å². The predicted molar refractivity (Wildman–Crippen MR) is 77.3 cm³/mol. The Morgan fingerprint density at radius 3 is 2.50 bits per heavy atom. The third-order valence-corrected chi connectivity index (χ3v) is 2.59. The molecular weight excluding hydrogens is 256 g/mol. The molecule has 0 aliphatic heterocycles. The summed E-state index contributed by atoms with van der Waals surface area (Å²) in [6.07, 6.45) is 4.11. The molecule has 1 aromatic carbocycles. The van der Waals surface area contributed by atoms with E-state index in [9.17, 15) is 0 Å². The van der Waals surface area contributed by atoms with Crippen LogP contribution in [-0.2, 0) is 0 Å². The van der Waals surface area contributed by atoms with Gasteiger partial charge in [0.25, 0.3) is 0 Å². The summed E-state index contributed by atoms with van der Waals surface area (Å²) in [7, 11) is 1.60. The predicted octanol–water partition coefficient (Wildman–Crippen LogP) is 2.04. The molecule has 2 rings (SSSR count). The van der Waals surface area contributed by atoms with Gasteiger partial charge < -0.3 is 20.5 Å². The summed E-state index contributed by atoms with van der Waals surface area (Å²) >= 11 is 0. The average molecular weight is 274 g/mol. The number of aromatic nitrogens is 2. The van der Waals surface area contributed by atoms with Gasteiger partial charge in [0.2, 0.25) is 5.95 Å². The molecule has 3 N–H and O–H groups in total. The van der Waals surface area contributed by atoms with Crippen LogP contribution in [0.2, 0.25) is 0 Å². The van der Waals surface area contributed by atoms with Crippen molar-refractivity contribution in [1.82, 2.24) is 9.97 Å². The lowest BCUT2D eigenvalue weighted by Gasteiger charge is -2.09. The van der Waals surface area contributed by atoms with E-state index in [1.165, 1.54) is 0 Å². The molecule has 1 heterocycles. The van der Waals surface area contributed by atoms with Crippen LogP contribution >= 0.6 is 0 Å². The van der Waals surface area contributed by atoms with Crippen molar-refractivity contribution >= 4 is 5.95 Å². The Morgan fingerprint density at radius 2 is 1.85 bits per heavy atom. The van der Waals surface area contributed by atoms with E-state index in [2.05, 4.69) is 15.3 Å². The molecule has 0 saturated heterocycles. The molecule has 0 unspecified atom stereocenters. The van der Waals surface area contributed by atoms with Gasteiger partial charge >= 0.3 is 0 Å². The molecule has 0 aliphatic carbocycles. The Labute approximate surface area is 118 Å². The summed E-state index contributed by atoms with van der Waals surface area (Å²) in [6.45, 7) is 1.39. The number of hydrogen-bond donors (Lipinski definition) is 2. The van der Waals surface area contributed by atoms with Gasteiger partial charge in [-0.15, -0.1) is 0 Å². The Morgan fingerprint density at radius 1 is 1.15 bits per heavy atom. The Balaban J connectivity index is 1.99. The van der Waals surface area contributed by atoms with Gasteiger partial charge in [0.05, 0.1) is 19.5 Å². The standard InChI is InChI=1S/C14H18N4O2/c1-19-12-5-2-3-6-13(12)20-11-9-17-14(18-10-11)16-8-4-7-15/h2-3,5-6,9-10H,4,7-8,15H2,1H3,(H,16,17,18). The maximum absolute atomic E-state index is 5.68. The Bertz CT molecular complexity index is 531. The third-order valence-electron chi connectivity index (χ3n) is 2.59. The van der Waals surface area contributed by atoms with Crippen molar-refractivity contribution in [3.05, 3.63) is 36.7 Å². The summed E-state index contributed by atoms with van der Waals surface area (Å²) in [5.74, 6) is 2.41. The first-order valence-electron chi connectivity index (χ1n) is 6.40. The van der Waals surface area contributed by atoms with Crippen molar-refractivity contribution < 1.29 is 9.47 Å².